The highest BCUT2D eigenvalue weighted by molar-refractivity contribution is 9.11. The summed E-state index contributed by atoms with van der Waals surface area (Å²) in [6.45, 7) is 3.42. The average molecular weight is 264 g/mol. The largest absolute Gasteiger partial charge is 0.371 e. The van der Waals surface area contributed by atoms with E-state index in [4.69, 9.17) is 10.5 Å². The zero-order valence-corrected chi connectivity index (χ0v) is 10.0. The van der Waals surface area contributed by atoms with Gasteiger partial charge in [0.25, 0.3) is 0 Å². The third kappa shape index (κ3) is 3.38. The fourth-order valence-corrected chi connectivity index (χ4v) is 2.51. The van der Waals surface area contributed by atoms with E-state index in [-0.39, 0.29) is 6.10 Å². The van der Waals surface area contributed by atoms with Crippen LogP contribution in [0, 0.1) is 0 Å². The van der Waals surface area contributed by atoms with Crippen LogP contribution in [0.4, 0.5) is 0 Å². The average Bonchev–Trinajstić information content (AvgIpc) is 2.54. The Morgan fingerprint density at radius 1 is 1.62 bits per heavy atom. The molecule has 2 nitrogen and oxygen atoms in total. The van der Waals surface area contributed by atoms with Gasteiger partial charge >= 0.3 is 0 Å². The van der Waals surface area contributed by atoms with E-state index < -0.39 is 0 Å². The molecule has 13 heavy (non-hydrogen) atoms. The lowest BCUT2D eigenvalue weighted by Gasteiger charge is -2.13. The van der Waals surface area contributed by atoms with Crippen LogP contribution >= 0.6 is 27.3 Å². The van der Waals surface area contributed by atoms with Gasteiger partial charge in [-0.2, -0.15) is 0 Å². The van der Waals surface area contributed by atoms with Crippen LogP contribution in [0.1, 0.15) is 24.3 Å². The molecule has 0 spiro atoms. The predicted octanol–water partition coefficient (Wildman–Crippen LogP) is 2.94. The third-order valence-electron chi connectivity index (χ3n) is 1.65. The van der Waals surface area contributed by atoms with Crippen molar-refractivity contribution < 1.29 is 4.74 Å². The summed E-state index contributed by atoms with van der Waals surface area (Å²) in [7, 11) is 0. The second kappa shape index (κ2) is 5.75. The zero-order chi connectivity index (χ0) is 9.68. The first-order valence-corrected chi connectivity index (χ1v) is 5.95. The predicted molar refractivity (Wildman–Crippen MR) is 60.1 cm³/mol. The van der Waals surface area contributed by atoms with E-state index in [1.807, 2.05) is 6.07 Å². The minimum atomic E-state index is 0.0660. The van der Waals surface area contributed by atoms with Gasteiger partial charge in [0.2, 0.25) is 0 Å². The first-order valence-electron chi connectivity index (χ1n) is 4.34. The van der Waals surface area contributed by atoms with Crippen LogP contribution in [-0.2, 0) is 4.74 Å². The molecule has 2 N–H and O–H groups in total. The molecule has 74 valence electrons. The van der Waals surface area contributed by atoms with E-state index in [0.717, 1.165) is 16.8 Å². The first-order chi connectivity index (χ1) is 6.27. The van der Waals surface area contributed by atoms with E-state index in [2.05, 4.69) is 28.9 Å². The van der Waals surface area contributed by atoms with Gasteiger partial charge in [0.15, 0.2) is 0 Å². The van der Waals surface area contributed by atoms with Gasteiger partial charge in [-0.05, 0) is 34.5 Å². The second-order valence-electron chi connectivity index (χ2n) is 2.74. The molecule has 1 aromatic rings. The lowest BCUT2D eigenvalue weighted by Crippen LogP contribution is -2.15. The number of hydrogen-bond acceptors (Lipinski definition) is 3. The highest BCUT2D eigenvalue weighted by Crippen LogP contribution is 2.28. The fraction of sp³-hybridized carbons (Fsp3) is 0.556. The Hall–Kier alpha value is 0.1000. The van der Waals surface area contributed by atoms with E-state index in [1.54, 1.807) is 11.3 Å². The Bertz CT molecular complexity index is 252. The molecule has 1 unspecified atom stereocenters. The van der Waals surface area contributed by atoms with Gasteiger partial charge in [-0.1, -0.05) is 6.92 Å². The summed E-state index contributed by atoms with van der Waals surface area (Å²) in [4.78, 5) is 1.20. The van der Waals surface area contributed by atoms with Gasteiger partial charge in [-0.3, -0.25) is 0 Å². The van der Waals surface area contributed by atoms with Crippen LogP contribution < -0.4 is 5.73 Å². The first kappa shape index (κ1) is 11.2. The summed E-state index contributed by atoms with van der Waals surface area (Å²) in [6, 6.07) is 4.08. The number of nitrogens with two attached hydrogens (primary N) is 1. The molecular weight excluding hydrogens is 250 g/mol. The number of ether oxygens (including phenoxy) is 1. The summed E-state index contributed by atoms with van der Waals surface area (Å²) < 4.78 is 6.73. The summed E-state index contributed by atoms with van der Waals surface area (Å²) in [6.07, 6.45) is 1.10. The quantitative estimate of drug-likeness (QED) is 0.887. The molecular formula is C9H14BrNOS. The highest BCUT2D eigenvalue weighted by Gasteiger charge is 2.11. The summed E-state index contributed by atoms with van der Waals surface area (Å²) >= 11 is 5.10. The van der Waals surface area contributed by atoms with Crippen molar-refractivity contribution in [1.82, 2.24) is 0 Å². The van der Waals surface area contributed by atoms with Crippen LogP contribution in [0.15, 0.2) is 15.9 Å². The van der Waals surface area contributed by atoms with Crippen LogP contribution in [0.5, 0.6) is 0 Å². The Labute approximate surface area is 91.2 Å². The van der Waals surface area contributed by atoms with E-state index in [9.17, 15) is 0 Å². The maximum atomic E-state index is 5.62. The molecule has 1 atom stereocenters. The molecule has 1 heterocycles. The molecule has 0 aromatic carbocycles. The van der Waals surface area contributed by atoms with Crippen LogP contribution in [0.3, 0.4) is 0 Å². The molecule has 0 aliphatic carbocycles. The van der Waals surface area contributed by atoms with Crippen molar-refractivity contribution in [1.29, 1.82) is 0 Å². The van der Waals surface area contributed by atoms with Crippen LogP contribution in [0.2, 0.25) is 0 Å². The van der Waals surface area contributed by atoms with E-state index >= 15 is 0 Å². The normalized spacial score (nSPS) is 13.2. The van der Waals surface area contributed by atoms with Crippen molar-refractivity contribution in [3.05, 3.63) is 20.8 Å². The Balaban J connectivity index is 2.56. The van der Waals surface area contributed by atoms with Gasteiger partial charge in [0.1, 0.15) is 6.10 Å². The molecule has 1 aromatic heterocycles. The van der Waals surface area contributed by atoms with Crippen molar-refractivity contribution in [2.24, 2.45) is 5.73 Å². The maximum absolute atomic E-state index is 5.62. The van der Waals surface area contributed by atoms with Gasteiger partial charge < -0.3 is 10.5 Å². The molecule has 0 bridgehead atoms. The van der Waals surface area contributed by atoms with Crippen molar-refractivity contribution in [2.75, 3.05) is 13.2 Å². The summed E-state index contributed by atoms with van der Waals surface area (Å²) in [5.41, 5.74) is 5.62. The SMILES string of the molecule is CCCOC(CN)c1ccc(Br)s1. The highest BCUT2D eigenvalue weighted by atomic mass is 79.9. The number of hydrogen-bond donors (Lipinski definition) is 1. The van der Waals surface area contributed by atoms with Gasteiger partial charge in [0.05, 0.1) is 3.79 Å². The van der Waals surface area contributed by atoms with Gasteiger partial charge in [0, 0.05) is 18.0 Å². The summed E-state index contributed by atoms with van der Waals surface area (Å²) in [5.74, 6) is 0. The molecule has 1 rings (SSSR count). The zero-order valence-electron chi connectivity index (χ0n) is 7.63. The van der Waals surface area contributed by atoms with E-state index in [1.165, 1.54) is 4.88 Å². The Morgan fingerprint density at radius 3 is 2.85 bits per heavy atom. The second-order valence-corrected chi connectivity index (χ2v) is 5.23. The van der Waals surface area contributed by atoms with Crippen molar-refractivity contribution in [3.63, 3.8) is 0 Å². The van der Waals surface area contributed by atoms with Crippen LogP contribution in [-0.4, -0.2) is 13.2 Å². The standard InChI is InChI=1S/C9H14BrNOS/c1-2-5-12-7(6-11)8-3-4-9(10)13-8/h3-4,7H,2,5-6,11H2,1H3. The maximum Gasteiger partial charge on any atom is 0.104 e. The minimum absolute atomic E-state index is 0.0660. The molecule has 0 amide bonds. The topological polar surface area (TPSA) is 35.2 Å². The smallest absolute Gasteiger partial charge is 0.104 e. The fourth-order valence-electron chi connectivity index (χ4n) is 1.03. The molecule has 4 heteroatoms. The molecule has 0 aliphatic heterocycles. The summed E-state index contributed by atoms with van der Waals surface area (Å²) in [5, 5.41) is 0. The number of thiophene rings is 1. The molecule has 0 saturated heterocycles. The Kier molecular flexibility index (Phi) is 4.94. The molecule has 0 fully saturated rings. The number of rotatable bonds is 5. The van der Waals surface area contributed by atoms with Crippen molar-refractivity contribution >= 4 is 27.3 Å². The van der Waals surface area contributed by atoms with Gasteiger partial charge in [-0.25, -0.2) is 0 Å². The number of halogens is 1. The van der Waals surface area contributed by atoms with Crippen LogP contribution in [0.25, 0.3) is 0 Å². The van der Waals surface area contributed by atoms with Gasteiger partial charge in [-0.15, -0.1) is 11.3 Å². The molecule has 0 saturated carbocycles. The lowest BCUT2D eigenvalue weighted by atomic mass is 10.3. The minimum Gasteiger partial charge on any atom is -0.371 e. The molecule has 0 aliphatic rings. The Morgan fingerprint density at radius 2 is 2.38 bits per heavy atom. The molecule has 0 radical (unpaired) electrons. The third-order valence-corrected chi connectivity index (χ3v) is 3.36. The monoisotopic (exact) mass is 263 g/mol. The van der Waals surface area contributed by atoms with Crippen molar-refractivity contribution in [2.45, 2.75) is 19.4 Å². The van der Waals surface area contributed by atoms with E-state index in [0.29, 0.717) is 6.54 Å². The van der Waals surface area contributed by atoms with Crippen molar-refractivity contribution in [3.8, 4) is 0 Å². The lowest BCUT2D eigenvalue weighted by molar-refractivity contribution is 0.0615.